The second kappa shape index (κ2) is 11.1. The summed E-state index contributed by atoms with van der Waals surface area (Å²) in [6, 6.07) is 10.4. The molecule has 0 unspecified atom stereocenters. The highest BCUT2D eigenvalue weighted by Gasteiger charge is 2.21. The minimum atomic E-state index is 0.655. The van der Waals surface area contributed by atoms with Gasteiger partial charge in [0.15, 0.2) is 5.96 Å². The van der Waals surface area contributed by atoms with E-state index in [0.29, 0.717) is 5.92 Å². The normalized spacial score (nSPS) is 15.7. The van der Waals surface area contributed by atoms with Crippen molar-refractivity contribution in [3.05, 3.63) is 65.6 Å². The molecule has 1 aliphatic rings. The fraction of sp³-hybridized carbons (Fsp3) is 0.480. The number of aromatic nitrogens is 3. The maximum absolute atomic E-state index is 5.74. The third-order valence-corrected chi connectivity index (χ3v) is 6.33. The fourth-order valence-corrected chi connectivity index (χ4v) is 4.17. The van der Waals surface area contributed by atoms with Gasteiger partial charge in [0.2, 0.25) is 5.89 Å². The molecule has 33 heavy (non-hydrogen) atoms. The molecule has 1 aromatic carbocycles. The molecule has 0 saturated carbocycles. The zero-order valence-corrected chi connectivity index (χ0v) is 19.9. The zero-order valence-electron chi connectivity index (χ0n) is 19.9. The van der Waals surface area contributed by atoms with Gasteiger partial charge in [-0.3, -0.25) is 9.89 Å². The predicted molar refractivity (Wildman–Crippen MR) is 131 cm³/mol. The van der Waals surface area contributed by atoms with Gasteiger partial charge in [0.25, 0.3) is 0 Å². The third-order valence-electron chi connectivity index (χ3n) is 6.33. The van der Waals surface area contributed by atoms with E-state index in [-0.39, 0.29) is 0 Å². The first-order valence-electron chi connectivity index (χ1n) is 11.8. The summed E-state index contributed by atoms with van der Waals surface area (Å²) in [5.74, 6) is 3.29. The molecule has 8 nitrogen and oxygen atoms in total. The topological polar surface area (TPSA) is 83.5 Å². The molecule has 1 aliphatic heterocycles. The van der Waals surface area contributed by atoms with Crippen LogP contribution in [0.1, 0.15) is 35.7 Å². The van der Waals surface area contributed by atoms with E-state index in [1.807, 2.05) is 37.8 Å². The monoisotopic (exact) mass is 449 g/mol. The van der Waals surface area contributed by atoms with Crippen molar-refractivity contribution in [2.24, 2.45) is 10.9 Å². The van der Waals surface area contributed by atoms with Gasteiger partial charge in [0, 0.05) is 32.5 Å². The molecule has 1 fully saturated rings. The average molecular weight is 450 g/mol. The molecular formula is C25H35N7O. The Balaban J connectivity index is 1.14. The summed E-state index contributed by atoms with van der Waals surface area (Å²) < 4.78 is 7.61. The van der Waals surface area contributed by atoms with Gasteiger partial charge in [-0.1, -0.05) is 12.1 Å². The van der Waals surface area contributed by atoms with Crippen LogP contribution in [0.2, 0.25) is 0 Å². The van der Waals surface area contributed by atoms with E-state index in [1.165, 1.54) is 18.4 Å². The Labute approximate surface area is 196 Å². The highest BCUT2D eigenvalue weighted by molar-refractivity contribution is 5.79. The van der Waals surface area contributed by atoms with Crippen molar-refractivity contribution in [2.75, 3.05) is 33.2 Å². The standard InChI is InChI=1S/C25H35N7O/c1-19-20(2)33-24(30-19)18-31-15-10-22(11-16-31)17-28-25(26-3)27-13-9-21-5-7-23(8-6-21)32-14-4-12-29-32/h4-8,12,14,22H,9-11,13,15-18H2,1-3H3,(H2,26,27,28). The maximum Gasteiger partial charge on any atom is 0.208 e. The lowest BCUT2D eigenvalue weighted by Gasteiger charge is -2.31. The molecule has 0 aliphatic carbocycles. The lowest BCUT2D eigenvalue weighted by Crippen LogP contribution is -2.43. The van der Waals surface area contributed by atoms with Crippen molar-refractivity contribution in [3.63, 3.8) is 0 Å². The Hall–Kier alpha value is -3.13. The predicted octanol–water partition coefficient (Wildman–Crippen LogP) is 3.10. The number of oxazole rings is 1. The van der Waals surface area contributed by atoms with Gasteiger partial charge in [0.1, 0.15) is 5.76 Å². The van der Waals surface area contributed by atoms with Crippen molar-refractivity contribution in [1.29, 1.82) is 0 Å². The van der Waals surface area contributed by atoms with E-state index in [2.05, 4.69) is 54.9 Å². The molecule has 2 aromatic heterocycles. The first-order valence-corrected chi connectivity index (χ1v) is 11.8. The number of aryl methyl sites for hydroxylation is 2. The first kappa shape index (κ1) is 23.0. The van der Waals surface area contributed by atoms with Gasteiger partial charge in [-0.25, -0.2) is 9.67 Å². The molecule has 0 atom stereocenters. The minimum absolute atomic E-state index is 0.655. The quantitative estimate of drug-likeness (QED) is 0.406. The van der Waals surface area contributed by atoms with Crippen LogP contribution in [0.5, 0.6) is 0 Å². The SMILES string of the molecule is CN=C(NCCc1ccc(-n2cccn2)cc1)NCC1CCN(Cc2nc(C)c(C)o2)CC1. The van der Waals surface area contributed by atoms with Crippen molar-refractivity contribution >= 4 is 5.96 Å². The second-order valence-corrected chi connectivity index (χ2v) is 8.72. The van der Waals surface area contributed by atoms with Crippen molar-refractivity contribution < 1.29 is 4.42 Å². The lowest BCUT2D eigenvalue weighted by molar-refractivity contribution is 0.164. The summed E-state index contributed by atoms with van der Waals surface area (Å²) in [5, 5.41) is 11.2. The van der Waals surface area contributed by atoms with Gasteiger partial charge < -0.3 is 15.1 Å². The fourth-order valence-electron chi connectivity index (χ4n) is 4.17. The molecule has 8 heteroatoms. The van der Waals surface area contributed by atoms with Crippen LogP contribution < -0.4 is 10.6 Å². The molecule has 3 heterocycles. The highest BCUT2D eigenvalue weighted by Crippen LogP contribution is 2.19. The molecule has 0 bridgehead atoms. The van der Waals surface area contributed by atoms with E-state index in [4.69, 9.17) is 4.42 Å². The van der Waals surface area contributed by atoms with Crippen LogP contribution in [-0.4, -0.2) is 58.9 Å². The molecule has 0 radical (unpaired) electrons. The van der Waals surface area contributed by atoms with Gasteiger partial charge in [0.05, 0.1) is 17.9 Å². The molecule has 1 saturated heterocycles. The molecule has 176 valence electrons. The first-order chi connectivity index (χ1) is 16.1. The van der Waals surface area contributed by atoms with Crippen molar-refractivity contribution in [2.45, 2.75) is 39.7 Å². The van der Waals surface area contributed by atoms with E-state index < -0.39 is 0 Å². The Kier molecular flexibility index (Phi) is 7.78. The van der Waals surface area contributed by atoms with Crippen LogP contribution in [0.15, 0.2) is 52.1 Å². The average Bonchev–Trinajstić information content (AvgIpc) is 3.47. The smallest absolute Gasteiger partial charge is 0.208 e. The number of hydrogen-bond acceptors (Lipinski definition) is 5. The molecular weight excluding hydrogens is 414 g/mol. The van der Waals surface area contributed by atoms with Gasteiger partial charge in [-0.15, -0.1) is 0 Å². The van der Waals surface area contributed by atoms with Gasteiger partial charge in [-0.2, -0.15) is 5.10 Å². The number of aliphatic imine (C=N–C) groups is 1. The van der Waals surface area contributed by atoms with Crippen LogP contribution >= 0.6 is 0 Å². The highest BCUT2D eigenvalue weighted by atomic mass is 16.4. The molecule has 0 spiro atoms. The molecule has 3 aromatic rings. The number of rotatable bonds is 8. The summed E-state index contributed by atoms with van der Waals surface area (Å²) in [6.45, 7) is 8.72. The Bertz CT molecular complexity index is 996. The van der Waals surface area contributed by atoms with Crippen LogP contribution in [0.3, 0.4) is 0 Å². The van der Waals surface area contributed by atoms with Crippen molar-refractivity contribution in [3.8, 4) is 5.69 Å². The van der Waals surface area contributed by atoms with E-state index in [0.717, 1.165) is 68.1 Å². The van der Waals surface area contributed by atoms with Gasteiger partial charge >= 0.3 is 0 Å². The number of likely N-dealkylation sites (tertiary alicyclic amines) is 1. The maximum atomic E-state index is 5.74. The van der Waals surface area contributed by atoms with E-state index in [1.54, 1.807) is 6.20 Å². The van der Waals surface area contributed by atoms with E-state index in [9.17, 15) is 0 Å². The summed E-state index contributed by atoms with van der Waals surface area (Å²) in [7, 11) is 1.83. The number of nitrogens with zero attached hydrogens (tertiary/aromatic N) is 5. The number of hydrogen-bond donors (Lipinski definition) is 2. The lowest BCUT2D eigenvalue weighted by atomic mass is 9.97. The van der Waals surface area contributed by atoms with Crippen molar-refractivity contribution in [1.82, 2.24) is 30.3 Å². The number of benzene rings is 1. The summed E-state index contributed by atoms with van der Waals surface area (Å²) in [6.07, 6.45) is 7.03. The van der Waals surface area contributed by atoms with Crippen LogP contribution in [0.4, 0.5) is 0 Å². The number of piperidine rings is 1. The number of guanidine groups is 1. The Morgan fingerprint density at radius 2 is 1.94 bits per heavy atom. The molecule has 0 amide bonds. The van der Waals surface area contributed by atoms with E-state index >= 15 is 0 Å². The van der Waals surface area contributed by atoms with Crippen LogP contribution in [0, 0.1) is 19.8 Å². The largest absolute Gasteiger partial charge is 0.444 e. The van der Waals surface area contributed by atoms with Crippen LogP contribution in [-0.2, 0) is 13.0 Å². The molecule has 4 rings (SSSR count). The minimum Gasteiger partial charge on any atom is -0.444 e. The summed E-state index contributed by atoms with van der Waals surface area (Å²) >= 11 is 0. The number of nitrogens with one attached hydrogen (secondary N) is 2. The second-order valence-electron chi connectivity index (χ2n) is 8.72. The molecule has 2 N–H and O–H groups in total. The zero-order chi connectivity index (χ0) is 23.0. The summed E-state index contributed by atoms with van der Waals surface area (Å²) in [4.78, 5) is 11.3. The van der Waals surface area contributed by atoms with Gasteiger partial charge in [-0.05, 0) is 75.9 Å². The Morgan fingerprint density at radius 1 is 1.15 bits per heavy atom. The van der Waals surface area contributed by atoms with Crippen LogP contribution in [0.25, 0.3) is 5.69 Å². The summed E-state index contributed by atoms with van der Waals surface area (Å²) in [5.41, 5.74) is 3.36. The third kappa shape index (κ3) is 6.44. The Morgan fingerprint density at radius 3 is 2.58 bits per heavy atom.